The summed E-state index contributed by atoms with van der Waals surface area (Å²) in [4.78, 5) is 0. The Bertz CT molecular complexity index is 786. The fourth-order valence-electron chi connectivity index (χ4n) is 11.5. The molecule has 2 heteroatoms. The standard InChI is InChI=1S/C30H50O2/c1-19(2)20-10-15-30(18-31)17-16-28(6)21(25(20)30)8-9-23-27(5)13-12-24(32)26(3,4)22(27)11-14-29(23,28)7/h20-25,31-32H,1,8-18H2,2-7H3/t20-,21?,22?,23?,24-,25-,27-,28+,29+,30+/m0/s1. The summed E-state index contributed by atoms with van der Waals surface area (Å²) in [5.41, 5.74) is 2.60. The van der Waals surface area contributed by atoms with E-state index in [2.05, 4.69) is 48.1 Å². The third-order valence-electron chi connectivity index (χ3n) is 13.5. The van der Waals surface area contributed by atoms with Crippen LogP contribution in [-0.4, -0.2) is 22.9 Å². The topological polar surface area (TPSA) is 40.5 Å². The minimum Gasteiger partial charge on any atom is -0.396 e. The van der Waals surface area contributed by atoms with Gasteiger partial charge in [-0.15, -0.1) is 0 Å². The zero-order chi connectivity index (χ0) is 23.3. The summed E-state index contributed by atoms with van der Waals surface area (Å²) in [6, 6.07) is 0. The van der Waals surface area contributed by atoms with Gasteiger partial charge in [0.05, 0.1) is 6.10 Å². The molecule has 0 saturated heterocycles. The summed E-state index contributed by atoms with van der Waals surface area (Å²) in [6.07, 6.45) is 12.2. The first kappa shape index (κ1) is 23.4. The van der Waals surface area contributed by atoms with Gasteiger partial charge in [0.15, 0.2) is 0 Å². The van der Waals surface area contributed by atoms with Crippen LogP contribution in [0.3, 0.4) is 0 Å². The predicted molar refractivity (Wildman–Crippen MR) is 132 cm³/mol. The van der Waals surface area contributed by atoms with Gasteiger partial charge in [0.2, 0.25) is 0 Å². The van der Waals surface area contributed by atoms with Crippen molar-refractivity contribution in [1.82, 2.24) is 0 Å². The summed E-state index contributed by atoms with van der Waals surface area (Å²) >= 11 is 0. The largest absolute Gasteiger partial charge is 0.396 e. The van der Waals surface area contributed by atoms with Crippen molar-refractivity contribution < 1.29 is 10.2 Å². The summed E-state index contributed by atoms with van der Waals surface area (Å²) in [6.45, 7) is 19.7. The lowest BCUT2D eigenvalue weighted by molar-refractivity contribution is -0.249. The average Bonchev–Trinajstić information content (AvgIpc) is 3.12. The molecule has 5 rings (SSSR count). The number of hydrogen-bond acceptors (Lipinski definition) is 2. The molecule has 0 aromatic rings. The molecule has 182 valence electrons. The Hall–Kier alpha value is -0.340. The van der Waals surface area contributed by atoms with E-state index in [1.54, 1.807) is 0 Å². The number of allylic oxidation sites excluding steroid dienone is 1. The van der Waals surface area contributed by atoms with Crippen LogP contribution in [0.2, 0.25) is 0 Å². The van der Waals surface area contributed by atoms with E-state index >= 15 is 0 Å². The Kier molecular flexibility index (Phi) is 5.19. The van der Waals surface area contributed by atoms with Gasteiger partial charge >= 0.3 is 0 Å². The monoisotopic (exact) mass is 442 g/mol. The van der Waals surface area contributed by atoms with Crippen LogP contribution < -0.4 is 0 Å². The highest BCUT2D eigenvalue weighted by molar-refractivity contribution is 5.21. The van der Waals surface area contributed by atoms with E-state index in [0.717, 1.165) is 18.3 Å². The Morgan fingerprint density at radius 3 is 2.19 bits per heavy atom. The van der Waals surface area contributed by atoms with Crippen LogP contribution in [0.15, 0.2) is 12.2 Å². The summed E-state index contributed by atoms with van der Waals surface area (Å²) < 4.78 is 0. The Labute approximate surface area is 197 Å². The first-order valence-corrected chi connectivity index (χ1v) is 13.8. The number of hydrogen-bond donors (Lipinski definition) is 2. The number of fused-ring (bicyclic) bond motifs is 7. The minimum atomic E-state index is -0.147. The van der Waals surface area contributed by atoms with Crippen LogP contribution in [0.5, 0.6) is 0 Å². The van der Waals surface area contributed by atoms with Gasteiger partial charge < -0.3 is 10.2 Å². The van der Waals surface area contributed by atoms with E-state index in [0.29, 0.717) is 40.6 Å². The lowest BCUT2D eigenvalue weighted by Gasteiger charge is -2.73. The molecule has 0 amide bonds. The molecule has 0 heterocycles. The van der Waals surface area contributed by atoms with Crippen LogP contribution in [0.4, 0.5) is 0 Å². The molecule has 5 aliphatic carbocycles. The van der Waals surface area contributed by atoms with Crippen molar-refractivity contribution in [2.75, 3.05) is 6.61 Å². The Balaban J connectivity index is 1.55. The van der Waals surface area contributed by atoms with Crippen LogP contribution in [0, 0.1) is 56.7 Å². The first-order valence-electron chi connectivity index (χ1n) is 13.8. The second-order valence-corrected chi connectivity index (χ2v) is 14.6. The maximum Gasteiger partial charge on any atom is 0.0594 e. The van der Waals surface area contributed by atoms with E-state index in [4.69, 9.17) is 0 Å². The molecule has 0 spiro atoms. The highest BCUT2D eigenvalue weighted by atomic mass is 16.3. The molecule has 0 aromatic carbocycles. The van der Waals surface area contributed by atoms with E-state index < -0.39 is 0 Å². The number of aliphatic hydroxyl groups is 2. The van der Waals surface area contributed by atoms with Crippen molar-refractivity contribution >= 4 is 0 Å². The highest BCUT2D eigenvalue weighted by Gasteiger charge is 2.70. The van der Waals surface area contributed by atoms with Crippen molar-refractivity contribution in [2.45, 2.75) is 112 Å². The molecule has 5 aliphatic rings. The Morgan fingerprint density at radius 2 is 1.53 bits per heavy atom. The van der Waals surface area contributed by atoms with Crippen LogP contribution in [0.1, 0.15) is 106 Å². The van der Waals surface area contributed by atoms with Gasteiger partial charge in [0.25, 0.3) is 0 Å². The van der Waals surface area contributed by atoms with Gasteiger partial charge in [-0.2, -0.15) is 0 Å². The predicted octanol–water partition coefficient (Wildman–Crippen LogP) is 7.00. The maximum absolute atomic E-state index is 10.9. The van der Waals surface area contributed by atoms with Crippen LogP contribution in [-0.2, 0) is 0 Å². The molecule has 0 aliphatic heterocycles. The average molecular weight is 443 g/mol. The van der Waals surface area contributed by atoms with Gasteiger partial charge in [-0.05, 0) is 128 Å². The quantitative estimate of drug-likeness (QED) is 0.452. The molecule has 0 bridgehead atoms. The lowest BCUT2D eigenvalue weighted by atomic mass is 9.32. The molecule has 0 aromatic heterocycles. The summed E-state index contributed by atoms with van der Waals surface area (Å²) in [5, 5.41) is 21.5. The molecular formula is C30H50O2. The minimum absolute atomic E-state index is 0.0290. The van der Waals surface area contributed by atoms with E-state index in [9.17, 15) is 10.2 Å². The fraction of sp³-hybridized carbons (Fsp3) is 0.933. The van der Waals surface area contributed by atoms with E-state index in [1.165, 1.54) is 63.4 Å². The summed E-state index contributed by atoms with van der Waals surface area (Å²) in [7, 11) is 0. The third-order valence-corrected chi connectivity index (χ3v) is 13.5. The van der Waals surface area contributed by atoms with Gasteiger partial charge in [-0.25, -0.2) is 0 Å². The van der Waals surface area contributed by atoms with Crippen molar-refractivity contribution in [2.24, 2.45) is 56.7 Å². The van der Waals surface area contributed by atoms with Gasteiger partial charge in [0.1, 0.15) is 0 Å². The molecular weight excluding hydrogens is 392 g/mol. The molecule has 32 heavy (non-hydrogen) atoms. The fourth-order valence-corrected chi connectivity index (χ4v) is 11.5. The molecule has 3 unspecified atom stereocenters. The third kappa shape index (κ3) is 2.66. The first-order chi connectivity index (χ1) is 14.9. The SMILES string of the molecule is C=C(C)[C@@H]1CC[C@]2(CO)CC[C@]3(C)C(CCC4[C@@]5(C)CC[C@H](O)C(C)(C)C5CC[C@]43C)[C@H]12. The van der Waals surface area contributed by atoms with Crippen molar-refractivity contribution in [3.8, 4) is 0 Å². The number of rotatable bonds is 2. The van der Waals surface area contributed by atoms with Crippen LogP contribution >= 0.6 is 0 Å². The zero-order valence-corrected chi connectivity index (χ0v) is 21.8. The van der Waals surface area contributed by atoms with Crippen molar-refractivity contribution in [1.29, 1.82) is 0 Å². The second-order valence-electron chi connectivity index (χ2n) is 14.6. The highest BCUT2D eigenvalue weighted by Crippen LogP contribution is 2.77. The van der Waals surface area contributed by atoms with Gasteiger partial charge in [0, 0.05) is 6.61 Å². The maximum atomic E-state index is 10.9. The molecule has 5 saturated carbocycles. The molecule has 2 nitrogen and oxygen atoms in total. The van der Waals surface area contributed by atoms with E-state index in [1.807, 2.05) is 0 Å². The number of aliphatic hydroxyl groups excluding tert-OH is 2. The van der Waals surface area contributed by atoms with Gasteiger partial charge in [-0.1, -0.05) is 46.8 Å². The van der Waals surface area contributed by atoms with Crippen molar-refractivity contribution in [3.63, 3.8) is 0 Å². The zero-order valence-electron chi connectivity index (χ0n) is 21.8. The van der Waals surface area contributed by atoms with Gasteiger partial charge in [-0.3, -0.25) is 0 Å². The molecule has 10 atom stereocenters. The van der Waals surface area contributed by atoms with Crippen molar-refractivity contribution in [3.05, 3.63) is 12.2 Å². The normalized spacial score (nSPS) is 56.5. The molecule has 0 radical (unpaired) electrons. The summed E-state index contributed by atoms with van der Waals surface area (Å²) in [5.74, 6) is 3.33. The lowest BCUT2D eigenvalue weighted by Crippen LogP contribution is -2.66. The van der Waals surface area contributed by atoms with Crippen LogP contribution in [0.25, 0.3) is 0 Å². The Morgan fingerprint density at radius 1 is 0.812 bits per heavy atom. The second kappa shape index (κ2) is 7.09. The molecule has 5 fully saturated rings. The van der Waals surface area contributed by atoms with E-state index in [-0.39, 0.29) is 16.9 Å². The molecule has 2 N–H and O–H groups in total. The smallest absolute Gasteiger partial charge is 0.0594 e.